The van der Waals surface area contributed by atoms with Crippen LogP contribution in [-0.4, -0.2) is 30.5 Å². The molecule has 8 nitrogen and oxygen atoms in total. The second kappa shape index (κ2) is 6.38. The molecule has 0 aliphatic heterocycles. The van der Waals surface area contributed by atoms with Crippen molar-refractivity contribution in [1.29, 1.82) is 0 Å². The third-order valence-corrected chi connectivity index (χ3v) is 3.89. The fourth-order valence-corrected chi connectivity index (χ4v) is 2.75. The van der Waals surface area contributed by atoms with E-state index >= 15 is 0 Å². The number of rotatable bonds is 5. The van der Waals surface area contributed by atoms with Crippen LogP contribution < -0.4 is 14.6 Å². The lowest BCUT2D eigenvalue weighted by atomic mass is 10.2. The highest BCUT2D eigenvalue weighted by atomic mass is 32.2. The van der Waals surface area contributed by atoms with Gasteiger partial charge in [-0.1, -0.05) is 12.1 Å². The SMILES string of the molecule is COc1ccc2c(Oc3ccc(CS(N)(=O)=O)cc3)ncnc2n1. The molecule has 3 rings (SSSR count). The highest BCUT2D eigenvalue weighted by Gasteiger charge is 2.09. The van der Waals surface area contributed by atoms with Crippen LogP contribution in [0.15, 0.2) is 42.7 Å². The van der Waals surface area contributed by atoms with Crippen molar-refractivity contribution in [2.75, 3.05) is 7.11 Å². The van der Waals surface area contributed by atoms with Crippen LogP contribution in [0.1, 0.15) is 5.56 Å². The van der Waals surface area contributed by atoms with Gasteiger partial charge in [-0.15, -0.1) is 0 Å². The lowest BCUT2D eigenvalue weighted by Gasteiger charge is -2.08. The lowest BCUT2D eigenvalue weighted by molar-refractivity contribution is 0.399. The van der Waals surface area contributed by atoms with Crippen molar-refractivity contribution < 1.29 is 17.9 Å². The van der Waals surface area contributed by atoms with Gasteiger partial charge >= 0.3 is 0 Å². The van der Waals surface area contributed by atoms with E-state index in [2.05, 4.69) is 15.0 Å². The number of pyridine rings is 1. The number of fused-ring (bicyclic) bond motifs is 1. The van der Waals surface area contributed by atoms with E-state index in [0.29, 0.717) is 34.1 Å². The van der Waals surface area contributed by atoms with Crippen molar-refractivity contribution in [2.24, 2.45) is 5.14 Å². The zero-order chi connectivity index (χ0) is 17.2. The number of methoxy groups -OCH3 is 1. The number of hydrogen-bond donors (Lipinski definition) is 1. The molecule has 0 amide bonds. The number of ether oxygens (including phenoxy) is 2. The molecule has 0 aliphatic rings. The second-order valence-corrected chi connectivity index (χ2v) is 6.57. The van der Waals surface area contributed by atoms with Crippen molar-refractivity contribution in [3.8, 4) is 17.5 Å². The van der Waals surface area contributed by atoms with Crippen LogP contribution in [0.25, 0.3) is 11.0 Å². The minimum absolute atomic E-state index is 0.229. The highest BCUT2D eigenvalue weighted by molar-refractivity contribution is 7.88. The average Bonchev–Trinajstić information content (AvgIpc) is 2.55. The molecule has 3 aromatic rings. The van der Waals surface area contributed by atoms with E-state index in [1.54, 1.807) is 36.4 Å². The van der Waals surface area contributed by atoms with Crippen molar-refractivity contribution >= 4 is 21.1 Å². The van der Waals surface area contributed by atoms with Crippen LogP contribution in [0.5, 0.6) is 17.5 Å². The van der Waals surface area contributed by atoms with Crippen LogP contribution in [0.4, 0.5) is 0 Å². The monoisotopic (exact) mass is 346 g/mol. The summed E-state index contributed by atoms with van der Waals surface area (Å²) in [7, 11) is -2.04. The first-order valence-corrected chi connectivity index (χ1v) is 8.59. The van der Waals surface area contributed by atoms with Crippen LogP contribution in [-0.2, 0) is 15.8 Å². The van der Waals surface area contributed by atoms with Gasteiger partial charge in [-0.2, -0.15) is 4.98 Å². The topological polar surface area (TPSA) is 117 Å². The largest absolute Gasteiger partial charge is 0.481 e. The zero-order valence-corrected chi connectivity index (χ0v) is 13.5. The van der Waals surface area contributed by atoms with Gasteiger partial charge < -0.3 is 9.47 Å². The first-order valence-electron chi connectivity index (χ1n) is 6.87. The first kappa shape index (κ1) is 16.1. The number of aromatic nitrogens is 3. The van der Waals surface area contributed by atoms with E-state index in [1.807, 2.05) is 0 Å². The number of primary sulfonamides is 1. The minimum atomic E-state index is -3.57. The van der Waals surface area contributed by atoms with E-state index in [0.717, 1.165) is 0 Å². The van der Waals surface area contributed by atoms with Crippen LogP contribution in [0.2, 0.25) is 0 Å². The zero-order valence-electron chi connectivity index (χ0n) is 12.7. The predicted molar refractivity (Wildman–Crippen MR) is 87.2 cm³/mol. The summed E-state index contributed by atoms with van der Waals surface area (Å²) in [6.45, 7) is 0. The van der Waals surface area contributed by atoms with Crippen LogP contribution in [0, 0.1) is 0 Å². The average molecular weight is 346 g/mol. The molecule has 0 aliphatic carbocycles. The van der Waals surface area contributed by atoms with E-state index in [9.17, 15) is 8.42 Å². The molecule has 2 N–H and O–H groups in total. The van der Waals surface area contributed by atoms with E-state index < -0.39 is 10.0 Å². The van der Waals surface area contributed by atoms with Gasteiger partial charge in [-0.3, -0.25) is 0 Å². The van der Waals surface area contributed by atoms with Crippen molar-refractivity contribution in [3.05, 3.63) is 48.3 Å². The Labute approximate surface area is 138 Å². The summed E-state index contributed by atoms with van der Waals surface area (Å²) in [5.41, 5.74) is 1.02. The number of sulfonamides is 1. The molecule has 0 atom stereocenters. The number of hydrogen-bond acceptors (Lipinski definition) is 7. The Morgan fingerprint density at radius 3 is 2.50 bits per heavy atom. The van der Waals surface area contributed by atoms with Crippen molar-refractivity contribution in [1.82, 2.24) is 15.0 Å². The molecule has 1 aromatic carbocycles. The molecule has 2 aromatic heterocycles. The lowest BCUT2D eigenvalue weighted by Crippen LogP contribution is -2.14. The molecular formula is C15H14N4O4S. The Morgan fingerprint density at radius 2 is 1.83 bits per heavy atom. The molecule has 0 saturated heterocycles. The van der Waals surface area contributed by atoms with Gasteiger partial charge in [0.15, 0.2) is 5.65 Å². The summed E-state index contributed by atoms with van der Waals surface area (Å²) in [6, 6.07) is 9.99. The molecule has 2 heterocycles. The summed E-state index contributed by atoms with van der Waals surface area (Å²) < 4.78 is 33.0. The normalized spacial score (nSPS) is 11.4. The smallest absolute Gasteiger partial charge is 0.231 e. The molecule has 0 unspecified atom stereocenters. The summed E-state index contributed by atoms with van der Waals surface area (Å²) in [5.74, 6) is 1.06. The Balaban J connectivity index is 1.87. The third kappa shape index (κ3) is 3.76. The van der Waals surface area contributed by atoms with E-state index in [1.165, 1.54) is 13.4 Å². The number of benzene rings is 1. The fraction of sp³-hybridized carbons (Fsp3) is 0.133. The quantitative estimate of drug-likeness (QED) is 0.745. The van der Waals surface area contributed by atoms with Gasteiger partial charge in [0.05, 0.1) is 18.2 Å². The predicted octanol–water partition coefficient (Wildman–Crippen LogP) is 1.61. The first-order chi connectivity index (χ1) is 11.4. The second-order valence-electron chi connectivity index (χ2n) is 4.96. The maximum atomic E-state index is 11.1. The standard InChI is InChI=1S/C15H14N4O4S/c1-22-13-7-6-12-14(19-13)17-9-18-15(12)23-11-4-2-10(3-5-11)8-24(16,20)21/h2-7,9H,8H2,1H3,(H2,16,20,21). The van der Waals surface area contributed by atoms with Crippen molar-refractivity contribution in [3.63, 3.8) is 0 Å². The highest BCUT2D eigenvalue weighted by Crippen LogP contribution is 2.27. The Morgan fingerprint density at radius 1 is 1.08 bits per heavy atom. The molecular weight excluding hydrogens is 332 g/mol. The molecule has 0 spiro atoms. The summed E-state index contributed by atoms with van der Waals surface area (Å²) in [6.07, 6.45) is 1.35. The van der Waals surface area contributed by atoms with Crippen LogP contribution >= 0.6 is 0 Å². The summed E-state index contributed by atoms with van der Waals surface area (Å²) in [5, 5.41) is 5.65. The van der Waals surface area contributed by atoms with Gasteiger partial charge in [0.1, 0.15) is 12.1 Å². The summed E-state index contributed by atoms with van der Waals surface area (Å²) in [4.78, 5) is 12.4. The van der Waals surface area contributed by atoms with Gasteiger partial charge in [0, 0.05) is 6.07 Å². The summed E-state index contributed by atoms with van der Waals surface area (Å²) >= 11 is 0. The molecule has 124 valence electrons. The van der Waals surface area contributed by atoms with Gasteiger partial charge in [0.25, 0.3) is 0 Å². The molecule has 24 heavy (non-hydrogen) atoms. The Kier molecular flexibility index (Phi) is 4.28. The van der Waals surface area contributed by atoms with Gasteiger partial charge in [-0.25, -0.2) is 23.5 Å². The van der Waals surface area contributed by atoms with Gasteiger partial charge in [-0.05, 0) is 23.8 Å². The fourth-order valence-electron chi connectivity index (χ4n) is 2.09. The number of nitrogens with two attached hydrogens (primary N) is 1. The van der Waals surface area contributed by atoms with Crippen molar-refractivity contribution in [2.45, 2.75) is 5.75 Å². The minimum Gasteiger partial charge on any atom is -0.481 e. The van der Waals surface area contributed by atoms with Gasteiger partial charge in [0.2, 0.25) is 21.8 Å². The molecule has 0 saturated carbocycles. The Hall–Kier alpha value is -2.78. The maximum Gasteiger partial charge on any atom is 0.231 e. The maximum absolute atomic E-state index is 11.1. The third-order valence-electron chi connectivity index (χ3n) is 3.15. The molecule has 0 radical (unpaired) electrons. The number of nitrogens with zero attached hydrogens (tertiary/aromatic N) is 3. The van der Waals surface area contributed by atoms with Crippen LogP contribution in [0.3, 0.4) is 0 Å². The Bertz CT molecular complexity index is 974. The van der Waals surface area contributed by atoms with E-state index in [-0.39, 0.29) is 5.75 Å². The molecule has 9 heteroatoms. The van der Waals surface area contributed by atoms with E-state index in [4.69, 9.17) is 14.6 Å². The molecule has 0 bridgehead atoms. The molecule has 0 fully saturated rings.